The summed E-state index contributed by atoms with van der Waals surface area (Å²) in [7, 11) is 1.46. The summed E-state index contributed by atoms with van der Waals surface area (Å²) in [6, 6.07) is 0. The molecule has 0 radical (unpaired) electrons. The molecule has 0 bridgehead atoms. The Kier molecular flexibility index (Phi) is 4.14. The minimum atomic E-state index is -1.09. The molecule has 1 unspecified atom stereocenters. The SMILES string of the molecule is CCC(C)(OC)C(=O)NC1(C(=O)O)CCCC1. The molecule has 98 valence electrons. The van der Waals surface area contributed by atoms with Crippen molar-refractivity contribution < 1.29 is 19.4 Å². The molecule has 0 aliphatic heterocycles. The number of carboxylic acids is 1. The van der Waals surface area contributed by atoms with Gasteiger partial charge in [-0.15, -0.1) is 0 Å². The number of carbonyl (C=O) groups is 2. The van der Waals surface area contributed by atoms with E-state index in [1.54, 1.807) is 6.92 Å². The van der Waals surface area contributed by atoms with Crippen LogP contribution in [0.2, 0.25) is 0 Å². The Hall–Kier alpha value is -1.10. The highest BCUT2D eigenvalue weighted by Crippen LogP contribution is 2.31. The van der Waals surface area contributed by atoms with E-state index in [9.17, 15) is 14.7 Å². The Bertz CT molecular complexity index is 304. The molecule has 1 amide bonds. The first-order valence-corrected chi connectivity index (χ1v) is 6.01. The predicted molar refractivity (Wildman–Crippen MR) is 62.7 cm³/mol. The first-order valence-electron chi connectivity index (χ1n) is 6.01. The highest BCUT2D eigenvalue weighted by atomic mass is 16.5. The fourth-order valence-electron chi connectivity index (χ4n) is 2.12. The number of carbonyl (C=O) groups excluding carboxylic acids is 1. The van der Waals surface area contributed by atoms with Crippen LogP contribution < -0.4 is 5.32 Å². The van der Waals surface area contributed by atoms with Gasteiger partial charge in [-0.25, -0.2) is 4.79 Å². The molecule has 0 saturated heterocycles. The topological polar surface area (TPSA) is 75.6 Å². The van der Waals surface area contributed by atoms with E-state index in [0.29, 0.717) is 19.3 Å². The first kappa shape index (κ1) is 14.0. The lowest BCUT2D eigenvalue weighted by Gasteiger charge is -2.32. The maximum absolute atomic E-state index is 12.1. The van der Waals surface area contributed by atoms with Crippen molar-refractivity contribution in [2.75, 3.05) is 7.11 Å². The van der Waals surface area contributed by atoms with Crippen molar-refractivity contribution in [1.29, 1.82) is 0 Å². The van der Waals surface area contributed by atoms with Gasteiger partial charge in [0.05, 0.1) is 0 Å². The molecule has 2 N–H and O–H groups in total. The lowest BCUT2D eigenvalue weighted by molar-refractivity contribution is -0.153. The number of hydrogen-bond acceptors (Lipinski definition) is 3. The van der Waals surface area contributed by atoms with E-state index in [1.165, 1.54) is 7.11 Å². The second kappa shape index (κ2) is 5.04. The molecule has 1 fully saturated rings. The largest absolute Gasteiger partial charge is 0.480 e. The van der Waals surface area contributed by atoms with Gasteiger partial charge in [-0.2, -0.15) is 0 Å². The van der Waals surface area contributed by atoms with Crippen LogP contribution in [0.15, 0.2) is 0 Å². The molecule has 0 aromatic rings. The van der Waals surface area contributed by atoms with Gasteiger partial charge >= 0.3 is 5.97 Å². The number of ether oxygens (including phenoxy) is 1. The maximum atomic E-state index is 12.1. The lowest BCUT2D eigenvalue weighted by Crippen LogP contribution is -2.58. The highest BCUT2D eigenvalue weighted by molar-refractivity contribution is 5.91. The van der Waals surface area contributed by atoms with Gasteiger partial charge in [0.2, 0.25) is 0 Å². The Morgan fingerprint density at radius 3 is 2.29 bits per heavy atom. The molecular weight excluding hydrogens is 222 g/mol. The minimum Gasteiger partial charge on any atom is -0.480 e. The van der Waals surface area contributed by atoms with E-state index in [4.69, 9.17) is 4.74 Å². The zero-order valence-electron chi connectivity index (χ0n) is 10.7. The Morgan fingerprint density at radius 1 is 1.41 bits per heavy atom. The minimum absolute atomic E-state index is 0.341. The summed E-state index contributed by atoms with van der Waals surface area (Å²) in [5.74, 6) is -1.29. The fraction of sp³-hybridized carbons (Fsp3) is 0.833. The third-order valence-electron chi connectivity index (χ3n) is 3.82. The molecule has 1 atom stereocenters. The second-order valence-electron chi connectivity index (χ2n) is 4.84. The summed E-state index contributed by atoms with van der Waals surface area (Å²) in [5.41, 5.74) is -2.04. The molecular formula is C12H21NO4. The van der Waals surface area contributed by atoms with E-state index in [2.05, 4.69) is 5.32 Å². The van der Waals surface area contributed by atoms with Crippen molar-refractivity contribution in [3.63, 3.8) is 0 Å². The third-order valence-corrected chi connectivity index (χ3v) is 3.82. The molecule has 5 nitrogen and oxygen atoms in total. The van der Waals surface area contributed by atoms with Crippen molar-refractivity contribution in [3.05, 3.63) is 0 Å². The summed E-state index contributed by atoms with van der Waals surface area (Å²) in [5, 5.41) is 11.9. The van der Waals surface area contributed by atoms with Crippen LogP contribution >= 0.6 is 0 Å². The van der Waals surface area contributed by atoms with E-state index >= 15 is 0 Å². The summed E-state index contributed by atoms with van der Waals surface area (Å²) in [4.78, 5) is 23.4. The first-order chi connectivity index (χ1) is 7.90. The maximum Gasteiger partial charge on any atom is 0.329 e. The average molecular weight is 243 g/mol. The van der Waals surface area contributed by atoms with Gasteiger partial charge in [0.25, 0.3) is 5.91 Å². The molecule has 0 aromatic heterocycles. The highest BCUT2D eigenvalue weighted by Gasteiger charge is 2.45. The standard InChI is InChI=1S/C12H21NO4/c1-4-11(2,17-3)9(14)13-12(10(15)16)7-5-6-8-12/h4-8H2,1-3H3,(H,13,14)(H,15,16). The molecule has 0 heterocycles. The third kappa shape index (κ3) is 2.60. The lowest BCUT2D eigenvalue weighted by atomic mass is 9.94. The number of rotatable bonds is 5. The van der Waals surface area contributed by atoms with Crippen molar-refractivity contribution >= 4 is 11.9 Å². The molecule has 0 spiro atoms. The van der Waals surface area contributed by atoms with E-state index in [1.807, 2.05) is 6.92 Å². The average Bonchev–Trinajstić information content (AvgIpc) is 2.77. The van der Waals surface area contributed by atoms with Crippen molar-refractivity contribution in [2.45, 2.75) is 57.1 Å². The van der Waals surface area contributed by atoms with Gasteiger partial charge in [-0.3, -0.25) is 4.79 Å². The van der Waals surface area contributed by atoms with Crippen LogP contribution in [0.3, 0.4) is 0 Å². The van der Waals surface area contributed by atoms with Crippen LogP contribution in [0, 0.1) is 0 Å². The van der Waals surface area contributed by atoms with E-state index < -0.39 is 17.1 Å². The summed E-state index contributed by atoms with van der Waals surface area (Å²) in [6.07, 6.45) is 3.17. The monoisotopic (exact) mass is 243 g/mol. The van der Waals surface area contributed by atoms with Crippen molar-refractivity contribution in [2.24, 2.45) is 0 Å². The van der Waals surface area contributed by atoms with E-state index in [0.717, 1.165) is 12.8 Å². The van der Waals surface area contributed by atoms with Crippen molar-refractivity contribution in [3.8, 4) is 0 Å². The van der Waals surface area contributed by atoms with E-state index in [-0.39, 0.29) is 5.91 Å². The number of methoxy groups -OCH3 is 1. The zero-order valence-corrected chi connectivity index (χ0v) is 10.7. The quantitative estimate of drug-likeness (QED) is 0.763. The smallest absolute Gasteiger partial charge is 0.329 e. The van der Waals surface area contributed by atoms with Crippen LogP contribution in [0.4, 0.5) is 0 Å². The summed E-state index contributed by atoms with van der Waals surface area (Å²) >= 11 is 0. The molecule has 5 heteroatoms. The van der Waals surface area contributed by atoms with Gasteiger partial charge in [-0.05, 0) is 26.2 Å². The Labute approximate surface area is 102 Å². The van der Waals surface area contributed by atoms with Crippen LogP contribution in [0.5, 0.6) is 0 Å². The second-order valence-corrected chi connectivity index (χ2v) is 4.84. The molecule has 17 heavy (non-hydrogen) atoms. The Balaban J connectivity index is 2.82. The number of aliphatic carboxylic acids is 1. The van der Waals surface area contributed by atoms with Gasteiger partial charge in [-0.1, -0.05) is 19.8 Å². The van der Waals surface area contributed by atoms with Gasteiger partial charge in [0.1, 0.15) is 11.1 Å². The molecule has 0 aromatic carbocycles. The van der Waals surface area contributed by atoms with Crippen LogP contribution in [-0.4, -0.2) is 35.2 Å². The van der Waals surface area contributed by atoms with Crippen molar-refractivity contribution in [1.82, 2.24) is 5.32 Å². The molecule has 1 rings (SSSR count). The van der Waals surface area contributed by atoms with Crippen LogP contribution in [0.25, 0.3) is 0 Å². The fourth-order valence-corrected chi connectivity index (χ4v) is 2.12. The van der Waals surface area contributed by atoms with Crippen LogP contribution in [0.1, 0.15) is 46.0 Å². The van der Waals surface area contributed by atoms with Crippen LogP contribution in [-0.2, 0) is 14.3 Å². The molecule has 1 aliphatic carbocycles. The summed E-state index contributed by atoms with van der Waals surface area (Å²) in [6.45, 7) is 3.51. The van der Waals surface area contributed by atoms with Gasteiger partial charge in [0.15, 0.2) is 0 Å². The Morgan fingerprint density at radius 2 is 1.94 bits per heavy atom. The number of nitrogens with one attached hydrogen (secondary N) is 1. The predicted octanol–water partition coefficient (Wildman–Crippen LogP) is 1.32. The van der Waals surface area contributed by atoms with Gasteiger partial charge in [0, 0.05) is 7.11 Å². The molecule has 1 aliphatic rings. The van der Waals surface area contributed by atoms with Gasteiger partial charge < -0.3 is 15.2 Å². The zero-order chi connectivity index (χ0) is 13.1. The normalized spacial score (nSPS) is 21.8. The number of amides is 1. The number of carboxylic acid groups (broad SMARTS) is 1. The summed E-state index contributed by atoms with van der Waals surface area (Å²) < 4.78 is 5.18. The number of hydrogen-bond donors (Lipinski definition) is 2. The molecule has 1 saturated carbocycles.